The first-order chi connectivity index (χ1) is 15.5. The summed E-state index contributed by atoms with van der Waals surface area (Å²) in [6.07, 6.45) is 0.735. The van der Waals surface area contributed by atoms with Gasteiger partial charge in [-0.3, -0.25) is 4.79 Å². The van der Waals surface area contributed by atoms with Gasteiger partial charge in [0.1, 0.15) is 0 Å². The third kappa shape index (κ3) is 5.52. The summed E-state index contributed by atoms with van der Waals surface area (Å²) in [6.45, 7) is 7.79. The number of fused-ring (bicyclic) bond motifs is 1. The van der Waals surface area contributed by atoms with Gasteiger partial charge in [-0.1, -0.05) is 29.8 Å². The molecule has 1 N–H and O–H groups in total. The summed E-state index contributed by atoms with van der Waals surface area (Å²) < 4.78 is 16.5. The summed E-state index contributed by atoms with van der Waals surface area (Å²) in [5, 5.41) is 2.99. The molecular weight excluding hydrogens is 408 g/mol. The van der Waals surface area contributed by atoms with Crippen LogP contribution in [0.3, 0.4) is 0 Å². The fourth-order valence-corrected chi connectivity index (χ4v) is 3.94. The number of ether oxygens (including phenoxy) is 3. The number of hydrogen-bond donors (Lipinski definition) is 1. The van der Waals surface area contributed by atoms with Crippen molar-refractivity contribution < 1.29 is 23.8 Å². The van der Waals surface area contributed by atoms with Crippen LogP contribution in [0.1, 0.15) is 48.6 Å². The van der Waals surface area contributed by atoms with Crippen molar-refractivity contribution in [1.29, 1.82) is 0 Å². The number of esters is 1. The van der Waals surface area contributed by atoms with Crippen LogP contribution in [0.5, 0.6) is 11.5 Å². The van der Waals surface area contributed by atoms with Crippen LogP contribution in [-0.4, -0.2) is 43.8 Å². The van der Waals surface area contributed by atoms with Crippen LogP contribution < -0.4 is 14.8 Å². The van der Waals surface area contributed by atoms with Gasteiger partial charge in [0, 0.05) is 13.1 Å². The van der Waals surface area contributed by atoms with Gasteiger partial charge in [0.2, 0.25) is 0 Å². The van der Waals surface area contributed by atoms with Crippen LogP contribution in [0, 0.1) is 6.92 Å². The zero-order valence-corrected chi connectivity index (χ0v) is 19.3. The highest BCUT2D eigenvalue weighted by atomic mass is 16.5. The number of nitrogens with zero attached hydrogens (tertiary/aromatic N) is 1. The zero-order valence-electron chi connectivity index (χ0n) is 19.3. The van der Waals surface area contributed by atoms with Gasteiger partial charge < -0.3 is 24.4 Å². The van der Waals surface area contributed by atoms with Gasteiger partial charge in [-0.15, -0.1) is 0 Å². The van der Waals surface area contributed by atoms with Crippen molar-refractivity contribution in [3.05, 3.63) is 58.7 Å². The third-order valence-corrected chi connectivity index (χ3v) is 5.58. The van der Waals surface area contributed by atoms with Gasteiger partial charge in [-0.2, -0.15) is 0 Å². The molecule has 0 aliphatic carbocycles. The highest BCUT2D eigenvalue weighted by molar-refractivity contribution is 5.77. The Labute approximate surface area is 189 Å². The number of nitrogens with one attached hydrogen (secondary N) is 1. The van der Waals surface area contributed by atoms with Gasteiger partial charge in [0.25, 0.3) is 0 Å². The van der Waals surface area contributed by atoms with Crippen molar-refractivity contribution in [1.82, 2.24) is 10.2 Å². The van der Waals surface area contributed by atoms with E-state index in [-0.39, 0.29) is 18.4 Å². The summed E-state index contributed by atoms with van der Waals surface area (Å²) in [5.41, 5.74) is 4.13. The molecule has 172 valence electrons. The minimum atomic E-state index is -0.445. The van der Waals surface area contributed by atoms with Crippen molar-refractivity contribution in [2.24, 2.45) is 0 Å². The van der Waals surface area contributed by atoms with E-state index in [4.69, 9.17) is 14.2 Å². The second-order valence-corrected chi connectivity index (χ2v) is 7.75. The average molecular weight is 441 g/mol. The van der Waals surface area contributed by atoms with Crippen molar-refractivity contribution in [3.63, 3.8) is 0 Å². The van der Waals surface area contributed by atoms with E-state index in [0.717, 1.165) is 16.7 Å². The molecule has 32 heavy (non-hydrogen) atoms. The fraction of sp³-hybridized carbons (Fsp3) is 0.440. The number of hydrogen-bond acceptors (Lipinski definition) is 5. The molecule has 1 heterocycles. The van der Waals surface area contributed by atoms with Gasteiger partial charge in [0.15, 0.2) is 11.5 Å². The number of carbonyl (C=O) groups excluding carboxylic acids is 2. The Morgan fingerprint density at radius 1 is 1.06 bits per heavy atom. The molecule has 3 rings (SSSR count). The van der Waals surface area contributed by atoms with Crippen molar-refractivity contribution in [2.75, 3.05) is 26.9 Å². The molecule has 0 radical (unpaired) electrons. The van der Waals surface area contributed by atoms with Crippen LogP contribution >= 0.6 is 0 Å². The molecule has 7 nitrogen and oxygen atoms in total. The van der Waals surface area contributed by atoms with E-state index in [2.05, 4.69) is 5.32 Å². The fourth-order valence-electron chi connectivity index (χ4n) is 3.94. The topological polar surface area (TPSA) is 77.1 Å². The Bertz CT molecular complexity index is 942. The van der Waals surface area contributed by atoms with Crippen LogP contribution in [0.4, 0.5) is 4.79 Å². The normalized spacial score (nSPS) is 15.0. The second-order valence-electron chi connectivity index (χ2n) is 7.75. The first kappa shape index (κ1) is 23.4. The summed E-state index contributed by atoms with van der Waals surface area (Å²) in [7, 11) is 1.36. The monoisotopic (exact) mass is 440 g/mol. The number of methoxy groups -OCH3 is 1. The number of carbonyl (C=O) groups is 2. The van der Waals surface area contributed by atoms with Gasteiger partial charge in [0.05, 0.1) is 32.8 Å². The number of amides is 2. The van der Waals surface area contributed by atoms with Crippen molar-refractivity contribution in [3.8, 4) is 11.5 Å². The number of benzene rings is 2. The molecule has 0 spiro atoms. The van der Waals surface area contributed by atoms with Crippen molar-refractivity contribution in [2.45, 2.75) is 46.2 Å². The number of rotatable bonds is 8. The first-order valence-electron chi connectivity index (χ1n) is 11.1. The van der Waals surface area contributed by atoms with E-state index >= 15 is 0 Å². The third-order valence-electron chi connectivity index (χ3n) is 5.58. The summed E-state index contributed by atoms with van der Waals surface area (Å²) in [4.78, 5) is 27.0. The number of urea groups is 1. The second kappa shape index (κ2) is 10.9. The van der Waals surface area contributed by atoms with Gasteiger partial charge in [-0.05, 0) is 56.0 Å². The Balaban J connectivity index is 1.87. The lowest BCUT2D eigenvalue weighted by atomic mass is 9.90. The molecule has 0 bridgehead atoms. The maximum Gasteiger partial charge on any atom is 0.318 e. The predicted molar refractivity (Wildman–Crippen MR) is 122 cm³/mol. The smallest absolute Gasteiger partial charge is 0.318 e. The molecule has 1 aliphatic rings. The lowest BCUT2D eigenvalue weighted by Crippen LogP contribution is -2.46. The maximum atomic E-state index is 13.1. The molecule has 0 saturated heterocycles. The highest BCUT2D eigenvalue weighted by Crippen LogP contribution is 2.40. The largest absolute Gasteiger partial charge is 0.490 e. The first-order valence-corrected chi connectivity index (χ1v) is 11.1. The Hall–Kier alpha value is -3.22. The quantitative estimate of drug-likeness (QED) is 0.624. The van der Waals surface area contributed by atoms with E-state index in [1.54, 1.807) is 4.90 Å². The molecule has 0 aromatic heterocycles. The minimum Gasteiger partial charge on any atom is -0.490 e. The highest BCUT2D eigenvalue weighted by Gasteiger charge is 2.34. The van der Waals surface area contributed by atoms with E-state index < -0.39 is 6.04 Å². The average Bonchev–Trinajstić information content (AvgIpc) is 2.79. The van der Waals surface area contributed by atoms with Crippen LogP contribution in [0.15, 0.2) is 36.4 Å². The van der Waals surface area contributed by atoms with E-state index in [1.807, 2.05) is 57.2 Å². The summed E-state index contributed by atoms with van der Waals surface area (Å²) in [5.74, 6) is 0.929. The lowest BCUT2D eigenvalue weighted by Gasteiger charge is -2.37. The molecule has 0 unspecified atom stereocenters. The molecule has 1 aliphatic heterocycles. The molecule has 7 heteroatoms. The van der Waals surface area contributed by atoms with Crippen molar-refractivity contribution >= 4 is 12.0 Å². The SMILES string of the molecule is CCOc1cc2c(cc1OCC)[C@@H](CC(=O)OC)N(C(=O)NCc1ccc(C)cc1)CC2. The lowest BCUT2D eigenvalue weighted by molar-refractivity contribution is -0.141. The van der Waals surface area contributed by atoms with Gasteiger partial charge >= 0.3 is 12.0 Å². The maximum absolute atomic E-state index is 13.1. The molecule has 2 aromatic rings. The summed E-state index contributed by atoms with van der Waals surface area (Å²) in [6, 6.07) is 11.2. The molecule has 2 aromatic carbocycles. The standard InChI is InChI=1S/C25H32N2O5/c1-5-31-22-13-19-11-12-27(25(29)26-16-18-9-7-17(3)8-10-18)21(15-24(28)30-4)20(19)14-23(22)32-6-2/h7-10,13-14,21H,5-6,11-12,15-16H2,1-4H3,(H,26,29)/t21-/m1/s1. The number of aryl methyl sites for hydroxylation is 1. The molecule has 0 fully saturated rings. The Kier molecular flexibility index (Phi) is 7.98. The molecule has 2 amide bonds. The Morgan fingerprint density at radius 2 is 1.72 bits per heavy atom. The van der Waals surface area contributed by atoms with Crippen LogP contribution in [0.25, 0.3) is 0 Å². The molecular formula is C25H32N2O5. The van der Waals surface area contributed by atoms with E-state index in [0.29, 0.717) is 44.2 Å². The Morgan fingerprint density at radius 3 is 2.34 bits per heavy atom. The molecule has 0 saturated carbocycles. The van der Waals surface area contributed by atoms with Gasteiger partial charge in [-0.25, -0.2) is 4.79 Å². The van der Waals surface area contributed by atoms with Crippen LogP contribution in [-0.2, 0) is 22.5 Å². The summed E-state index contributed by atoms with van der Waals surface area (Å²) >= 11 is 0. The van der Waals surface area contributed by atoms with Crippen LogP contribution in [0.2, 0.25) is 0 Å². The zero-order chi connectivity index (χ0) is 23.1. The predicted octanol–water partition coefficient (Wildman–Crippen LogP) is 4.16. The van der Waals surface area contributed by atoms with E-state index in [1.165, 1.54) is 12.7 Å². The molecule has 1 atom stereocenters. The minimum absolute atomic E-state index is 0.0704. The van der Waals surface area contributed by atoms with E-state index in [9.17, 15) is 9.59 Å².